The van der Waals surface area contributed by atoms with E-state index in [2.05, 4.69) is 52.0 Å². The molecule has 0 aromatic rings. The second-order valence-electron chi connectivity index (χ2n) is 5.51. The Hall–Kier alpha value is -1.89. The van der Waals surface area contributed by atoms with Crippen LogP contribution in [0.2, 0.25) is 0 Å². The molecule has 0 amide bonds. The fourth-order valence-corrected chi connectivity index (χ4v) is 1.61. The molecular weight excluding hydrogens is 256 g/mol. The van der Waals surface area contributed by atoms with Crippen molar-refractivity contribution in [2.24, 2.45) is 0 Å². The molecule has 1 heteroatoms. The summed E-state index contributed by atoms with van der Waals surface area (Å²) < 4.78 is 0. The second-order valence-corrected chi connectivity index (χ2v) is 5.51. The van der Waals surface area contributed by atoms with Crippen LogP contribution in [0, 0.1) is 0 Å². The molecule has 0 unspecified atom stereocenters. The van der Waals surface area contributed by atoms with E-state index in [0.717, 1.165) is 24.7 Å². The molecule has 21 heavy (non-hydrogen) atoms. The van der Waals surface area contributed by atoms with Gasteiger partial charge < -0.3 is 0 Å². The summed E-state index contributed by atoms with van der Waals surface area (Å²) in [5, 5.41) is 0. The average molecular weight is 284 g/mol. The molecule has 0 aliphatic carbocycles. The van der Waals surface area contributed by atoms with E-state index in [1.165, 1.54) is 16.7 Å². The molecule has 0 aromatic carbocycles. The molecule has 114 valence electrons. The third-order valence-corrected chi connectivity index (χ3v) is 2.88. The summed E-state index contributed by atoms with van der Waals surface area (Å²) in [6.07, 6.45) is 19.1. The van der Waals surface area contributed by atoms with Gasteiger partial charge in [0, 0.05) is 0 Å². The van der Waals surface area contributed by atoms with Gasteiger partial charge in [-0.2, -0.15) is 0 Å². The Bertz CT molecular complexity index is 490. The monoisotopic (exact) mass is 284 g/mol. The summed E-state index contributed by atoms with van der Waals surface area (Å²) in [5.74, 6) is 0. The average Bonchev–Trinajstić information content (AvgIpc) is 2.38. The van der Waals surface area contributed by atoms with E-state index < -0.39 is 0 Å². The Morgan fingerprint density at radius 1 is 0.810 bits per heavy atom. The zero-order chi connectivity index (χ0) is 16.1. The lowest BCUT2D eigenvalue weighted by Crippen LogP contribution is -1.76. The molecule has 0 aliphatic rings. The van der Waals surface area contributed by atoms with Crippen molar-refractivity contribution in [3.8, 4) is 0 Å². The Balaban J connectivity index is 4.36. The lowest BCUT2D eigenvalue weighted by molar-refractivity contribution is -0.104. The van der Waals surface area contributed by atoms with Gasteiger partial charge in [-0.05, 0) is 59.1 Å². The molecule has 0 atom stereocenters. The van der Waals surface area contributed by atoms with Crippen LogP contribution in [0.3, 0.4) is 0 Å². The van der Waals surface area contributed by atoms with E-state index in [4.69, 9.17) is 0 Å². The van der Waals surface area contributed by atoms with Gasteiger partial charge in [0.1, 0.15) is 6.29 Å². The maximum Gasteiger partial charge on any atom is 0.143 e. The van der Waals surface area contributed by atoms with Crippen LogP contribution in [0.5, 0.6) is 0 Å². The summed E-state index contributed by atoms with van der Waals surface area (Å²) >= 11 is 0. The van der Waals surface area contributed by atoms with E-state index in [1.807, 2.05) is 25.2 Å². The fourth-order valence-electron chi connectivity index (χ4n) is 1.61. The molecule has 1 nitrogen and oxygen atoms in total. The Labute approximate surface area is 130 Å². The largest absolute Gasteiger partial charge is 0.299 e. The van der Waals surface area contributed by atoms with Gasteiger partial charge in [-0.1, -0.05) is 59.3 Å². The molecule has 0 heterocycles. The summed E-state index contributed by atoms with van der Waals surface area (Å²) in [6.45, 7) is 10.4. The minimum Gasteiger partial charge on any atom is -0.299 e. The molecule has 0 rings (SSSR count). The maximum atomic E-state index is 10.3. The lowest BCUT2D eigenvalue weighted by Gasteiger charge is -1.96. The minimum absolute atomic E-state index is 0.805. The quantitative estimate of drug-likeness (QED) is 0.235. The van der Waals surface area contributed by atoms with Crippen LogP contribution < -0.4 is 0 Å². The van der Waals surface area contributed by atoms with Crippen LogP contribution in [0.1, 0.15) is 47.5 Å². The summed E-state index contributed by atoms with van der Waals surface area (Å²) in [4.78, 5) is 10.3. The molecule has 0 aliphatic heterocycles. The predicted octanol–water partition coefficient (Wildman–Crippen LogP) is 5.88. The minimum atomic E-state index is 0.805. The van der Waals surface area contributed by atoms with Gasteiger partial charge in [0.15, 0.2) is 0 Å². The van der Waals surface area contributed by atoms with Crippen LogP contribution in [0.25, 0.3) is 0 Å². The zero-order valence-electron chi connectivity index (χ0n) is 14.0. The zero-order valence-corrected chi connectivity index (χ0v) is 14.0. The van der Waals surface area contributed by atoms with Crippen molar-refractivity contribution in [1.82, 2.24) is 0 Å². The highest BCUT2D eigenvalue weighted by Gasteiger charge is 1.87. The van der Waals surface area contributed by atoms with Crippen LogP contribution >= 0.6 is 0 Å². The molecule has 0 aromatic heterocycles. The number of carbonyl (C=O) groups excluding carboxylic acids is 1. The van der Waals surface area contributed by atoms with Gasteiger partial charge in [0.2, 0.25) is 0 Å². The number of hydrogen-bond acceptors (Lipinski definition) is 1. The Kier molecular flexibility index (Phi) is 10.8. The highest BCUT2D eigenvalue weighted by molar-refractivity contribution is 5.66. The van der Waals surface area contributed by atoms with Crippen LogP contribution in [-0.2, 0) is 4.79 Å². The number of hydrogen-bond donors (Lipinski definition) is 0. The molecule has 0 saturated carbocycles. The van der Waals surface area contributed by atoms with Crippen molar-refractivity contribution in [2.45, 2.75) is 47.5 Å². The first-order valence-electron chi connectivity index (χ1n) is 7.40. The lowest BCUT2D eigenvalue weighted by atomic mass is 10.1. The summed E-state index contributed by atoms with van der Waals surface area (Å²) in [7, 11) is 0. The van der Waals surface area contributed by atoms with Crippen LogP contribution in [-0.4, -0.2) is 6.29 Å². The van der Waals surface area contributed by atoms with Crippen molar-refractivity contribution in [3.63, 3.8) is 0 Å². The summed E-state index contributed by atoms with van der Waals surface area (Å²) in [6, 6.07) is 0. The van der Waals surface area contributed by atoms with Crippen molar-refractivity contribution in [1.29, 1.82) is 0 Å². The maximum absolute atomic E-state index is 10.3. The van der Waals surface area contributed by atoms with Gasteiger partial charge in [0.25, 0.3) is 0 Å². The van der Waals surface area contributed by atoms with Gasteiger partial charge in [-0.25, -0.2) is 0 Å². The molecule has 0 fully saturated rings. The van der Waals surface area contributed by atoms with E-state index in [9.17, 15) is 4.79 Å². The van der Waals surface area contributed by atoms with Crippen molar-refractivity contribution >= 4 is 6.29 Å². The smallest absolute Gasteiger partial charge is 0.143 e. The number of aldehydes is 1. The van der Waals surface area contributed by atoms with E-state index in [-0.39, 0.29) is 0 Å². The third-order valence-electron chi connectivity index (χ3n) is 2.88. The topological polar surface area (TPSA) is 17.1 Å². The van der Waals surface area contributed by atoms with Gasteiger partial charge in [-0.15, -0.1) is 0 Å². The van der Waals surface area contributed by atoms with Crippen LogP contribution in [0.4, 0.5) is 0 Å². The van der Waals surface area contributed by atoms with Gasteiger partial charge in [0.05, 0.1) is 0 Å². The molecule has 0 N–H and O–H groups in total. The fraction of sp³-hybridized carbons (Fsp3) is 0.350. The first kappa shape index (κ1) is 19.1. The number of allylic oxidation sites excluding steroid dienone is 12. The van der Waals surface area contributed by atoms with Crippen molar-refractivity contribution in [3.05, 3.63) is 70.9 Å². The normalized spacial score (nSPS) is 14.0. The Morgan fingerprint density at radius 3 is 1.95 bits per heavy atom. The Morgan fingerprint density at radius 2 is 1.38 bits per heavy atom. The molecular formula is C20H28O. The molecule has 0 radical (unpaired) electrons. The van der Waals surface area contributed by atoms with E-state index >= 15 is 0 Å². The number of carbonyl (C=O) groups is 1. The standard InChI is InChI=1S/C20H28O/c1-17(2)9-6-10-18(3)11-7-12-19(4)13-8-14-20(5)15-16-21/h7-9,11-16H,6,10H2,1-5H3. The van der Waals surface area contributed by atoms with Crippen molar-refractivity contribution in [2.75, 3.05) is 0 Å². The van der Waals surface area contributed by atoms with Gasteiger partial charge >= 0.3 is 0 Å². The number of rotatable bonds is 8. The highest BCUT2D eigenvalue weighted by Crippen LogP contribution is 2.07. The van der Waals surface area contributed by atoms with Gasteiger partial charge in [-0.3, -0.25) is 4.79 Å². The van der Waals surface area contributed by atoms with E-state index in [1.54, 1.807) is 6.08 Å². The first-order chi connectivity index (χ1) is 9.95. The molecule has 0 saturated heterocycles. The SMILES string of the molecule is CC(C)=CCCC(C)=CC=CC(C)=CC=CC(C)=CC=O. The molecule has 0 spiro atoms. The summed E-state index contributed by atoms with van der Waals surface area (Å²) in [5.41, 5.74) is 4.89. The van der Waals surface area contributed by atoms with Crippen LogP contribution in [0.15, 0.2) is 70.9 Å². The predicted molar refractivity (Wildman–Crippen MR) is 94.3 cm³/mol. The first-order valence-corrected chi connectivity index (χ1v) is 7.40. The second kappa shape index (κ2) is 11.9. The third kappa shape index (κ3) is 12.9. The van der Waals surface area contributed by atoms with Crippen molar-refractivity contribution < 1.29 is 4.79 Å². The molecule has 0 bridgehead atoms. The van der Waals surface area contributed by atoms with E-state index in [0.29, 0.717) is 0 Å². The highest BCUT2D eigenvalue weighted by atomic mass is 16.1.